The second-order valence-corrected chi connectivity index (χ2v) is 5.78. The van der Waals surface area contributed by atoms with Crippen LogP contribution in [-0.2, 0) is 0 Å². The molecule has 0 bridgehead atoms. The standard InChI is InChI=1S/C20H15FN4/c1-13-2-4-15(5-3-13)20-24-18(14-6-8-16(21)9-7-14)19(25-20)17-10-11-22-12-23-17/h2-12H,1H3,(H,24,25). The Bertz CT molecular complexity index is 990. The summed E-state index contributed by atoms with van der Waals surface area (Å²) >= 11 is 0. The van der Waals surface area contributed by atoms with Crippen molar-refractivity contribution < 1.29 is 4.39 Å². The molecule has 0 fully saturated rings. The maximum Gasteiger partial charge on any atom is 0.138 e. The topological polar surface area (TPSA) is 54.5 Å². The van der Waals surface area contributed by atoms with E-state index in [1.165, 1.54) is 24.0 Å². The van der Waals surface area contributed by atoms with Gasteiger partial charge in [0.15, 0.2) is 0 Å². The van der Waals surface area contributed by atoms with Crippen molar-refractivity contribution in [1.29, 1.82) is 0 Å². The van der Waals surface area contributed by atoms with Crippen molar-refractivity contribution in [3.63, 3.8) is 0 Å². The largest absolute Gasteiger partial charge is 0.336 e. The van der Waals surface area contributed by atoms with Gasteiger partial charge in [0, 0.05) is 17.3 Å². The number of hydrogen-bond acceptors (Lipinski definition) is 3. The van der Waals surface area contributed by atoms with Crippen LogP contribution in [0, 0.1) is 12.7 Å². The van der Waals surface area contributed by atoms with Crippen LogP contribution < -0.4 is 0 Å². The van der Waals surface area contributed by atoms with E-state index in [0.29, 0.717) is 0 Å². The smallest absolute Gasteiger partial charge is 0.138 e. The third-order valence-electron chi connectivity index (χ3n) is 3.98. The first kappa shape index (κ1) is 15.2. The van der Waals surface area contributed by atoms with Crippen molar-refractivity contribution in [3.8, 4) is 34.0 Å². The van der Waals surface area contributed by atoms with Crippen molar-refractivity contribution in [1.82, 2.24) is 19.9 Å². The normalized spacial score (nSPS) is 10.8. The Hall–Kier alpha value is -3.34. The number of halogens is 1. The zero-order valence-electron chi connectivity index (χ0n) is 13.6. The van der Waals surface area contributed by atoms with Gasteiger partial charge in [-0.3, -0.25) is 0 Å². The number of H-pyrrole nitrogens is 1. The van der Waals surface area contributed by atoms with E-state index >= 15 is 0 Å². The molecule has 1 N–H and O–H groups in total. The molecule has 2 heterocycles. The van der Waals surface area contributed by atoms with E-state index in [-0.39, 0.29) is 5.82 Å². The predicted octanol–water partition coefficient (Wildman–Crippen LogP) is 4.65. The number of rotatable bonds is 3. The third kappa shape index (κ3) is 3.04. The maximum atomic E-state index is 13.3. The zero-order valence-corrected chi connectivity index (χ0v) is 13.6. The SMILES string of the molecule is Cc1ccc(-c2nc(-c3ccc(F)cc3)c(-c3ccncn3)[nH]2)cc1. The summed E-state index contributed by atoms with van der Waals surface area (Å²) in [6, 6.07) is 16.2. The zero-order chi connectivity index (χ0) is 17.2. The lowest BCUT2D eigenvalue weighted by Gasteiger charge is -2.01. The molecule has 0 aliphatic rings. The second-order valence-electron chi connectivity index (χ2n) is 5.78. The molecule has 0 radical (unpaired) electrons. The molecule has 0 atom stereocenters. The number of nitrogens with zero attached hydrogens (tertiary/aromatic N) is 3. The molecule has 4 nitrogen and oxygen atoms in total. The van der Waals surface area contributed by atoms with Crippen molar-refractivity contribution in [2.75, 3.05) is 0 Å². The van der Waals surface area contributed by atoms with Gasteiger partial charge >= 0.3 is 0 Å². The highest BCUT2D eigenvalue weighted by molar-refractivity contribution is 5.79. The lowest BCUT2D eigenvalue weighted by molar-refractivity contribution is 0.628. The van der Waals surface area contributed by atoms with Crippen molar-refractivity contribution in [2.24, 2.45) is 0 Å². The summed E-state index contributed by atoms with van der Waals surface area (Å²) in [6.45, 7) is 2.04. The number of nitrogens with one attached hydrogen (secondary N) is 1. The van der Waals surface area contributed by atoms with Gasteiger partial charge in [-0.1, -0.05) is 29.8 Å². The highest BCUT2D eigenvalue weighted by Gasteiger charge is 2.16. The molecular formula is C20H15FN4. The maximum absolute atomic E-state index is 13.3. The summed E-state index contributed by atoms with van der Waals surface area (Å²) < 4.78 is 13.3. The van der Waals surface area contributed by atoms with Crippen molar-refractivity contribution in [2.45, 2.75) is 6.92 Å². The Kier molecular flexibility index (Phi) is 3.82. The van der Waals surface area contributed by atoms with E-state index in [0.717, 1.165) is 34.0 Å². The lowest BCUT2D eigenvalue weighted by atomic mass is 10.1. The van der Waals surface area contributed by atoms with Crippen molar-refractivity contribution in [3.05, 3.63) is 78.5 Å². The molecule has 5 heteroatoms. The van der Waals surface area contributed by atoms with Gasteiger partial charge in [-0.25, -0.2) is 19.3 Å². The molecule has 0 unspecified atom stereocenters. The van der Waals surface area contributed by atoms with Gasteiger partial charge < -0.3 is 4.98 Å². The average molecular weight is 330 g/mol. The molecule has 0 aliphatic carbocycles. The number of aromatic nitrogens is 4. The van der Waals surface area contributed by atoms with Gasteiger partial charge in [0.2, 0.25) is 0 Å². The number of aromatic amines is 1. The molecule has 2 aromatic carbocycles. The number of hydrogen-bond donors (Lipinski definition) is 1. The number of benzene rings is 2. The molecule has 4 rings (SSSR count). The van der Waals surface area contributed by atoms with E-state index in [9.17, 15) is 4.39 Å². The van der Waals surface area contributed by atoms with Gasteiger partial charge in [-0.2, -0.15) is 0 Å². The highest BCUT2D eigenvalue weighted by Crippen LogP contribution is 2.32. The van der Waals surface area contributed by atoms with E-state index in [4.69, 9.17) is 4.98 Å². The fourth-order valence-electron chi connectivity index (χ4n) is 2.66. The van der Waals surface area contributed by atoms with Crippen LogP contribution in [-0.4, -0.2) is 19.9 Å². The molecule has 0 saturated heterocycles. The van der Waals surface area contributed by atoms with E-state index in [1.54, 1.807) is 18.3 Å². The van der Waals surface area contributed by atoms with Crippen molar-refractivity contribution >= 4 is 0 Å². The molecule has 0 saturated carbocycles. The van der Waals surface area contributed by atoms with Crippen LogP contribution in [0.25, 0.3) is 34.0 Å². The van der Waals surface area contributed by atoms with Crippen LogP contribution in [0.4, 0.5) is 4.39 Å². The fraction of sp³-hybridized carbons (Fsp3) is 0.0500. The Labute approximate surface area is 144 Å². The number of imidazole rings is 1. The molecule has 0 aliphatic heterocycles. The van der Waals surface area contributed by atoms with Crippen LogP contribution in [0.1, 0.15) is 5.56 Å². The molecular weight excluding hydrogens is 315 g/mol. The van der Waals surface area contributed by atoms with Gasteiger partial charge in [-0.15, -0.1) is 0 Å². The molecule has 0 spiro atoms. The minimum absolute atomic E-state index is 0.276. The minimum atomic E-state index is -0.276. The van der Waals surface area contributed by atoms with Gasteiger partial charge in [0.25, 0.3) is 0 Å². The highest BCUT2D eigenvalue weighted by atomic mass is 19.1. The van der Waals surface area contributed by atoms with Crippen LogP contribution >= 0.6 is 0 Å². The minimum Gasteiger partial charge on any atom is -0.336 e. The first-order valence-electron chi connectivity index (χ1n) is 7.90. The molecule has 122 valence electrons. The predicted molar refractivity (Wildman–Crippen MR) is 95.2 cm³/mol. The summed E-state index contributed by atoms with van der Waals surface area (Å²) in [6.07, 6.45) is 3.18. The van der Waals surface area contributed by atoms with E-state index in [1.807, 2.05) is 37.3 Å². The monoisotopic (exact) mass is 330 g/mol. The Morgan fingerprint density at radius 3 is 2.28 bits per heavy atom. The third-order valence-corrected chi connectivity index (χ3v) is 3.98. The molecule has 0 amide bonds. The quantitative estimate of drug-likeness (QED) is 0.595. The lowest BCUT2D eigenvalue weighted by Crippen LogP contribution is -1.88. The number of aryl methyl sites for hydroxylation is 1. The molecule has 4 aromatic rings. The summed E-state index contributed by atoms with van der Waals surface area (Å²) in [5.74, 6) is 0.467. The summed E-state index contributed by atoms with van der Waals surface area (Å²) in [5.41, 5.74) is 5.24. The van der Waals surface area contributed by atoms with Crippen LogP contribution in [0.3, 0.4) is 0 Å². The van der Waals surface area contributed by atoms with Crippen LogP contribution in [0.15, 0.2) is 67.1 Å². The Balaban J connectivity index is 1.89. The Morgan fingerprint density at radius 2 is 1.60 bits per heavy atom. The fourth-order valence-corrected chi connectivity index (χ4v) is 2.66. The van der Waals surface area contributed by atoms with Gasteiger partial charge in [0.1, 0.15) is 18.0 Å². The molecule has 25 heavy (non-hydrogen) atoms. The summed E-state index contributed by atoms with van der Waals surface area (Å²) in [5, 5.41) is 0. The first-order chi connectivity index (χ1) is 12.2. The van der Waals surface area contributed by atoms with Crippen LogP contribution in [0.2, 0.25) is 0 Å². The second kappa shape index (κ2) is 6.28. The van der Waals surface area contributed by atoms with Crippen LogP contribution in [0.5, 0.6) is 0 Å². The summed E-state index contributed by atoms with van der Waals surface area (Å²) in [4.78, 5) is 16.4. The summed E-state index contributed by atoms with van der Waals surface area (Å²) in [7, 11) is 0. The van der Waals surface area contributed by atoms with Gasteiger partial charge in [0.05, 0.1) is 17.1 Å². The van der Waals surface area contributed by atoms with E-state index in [2.05, 4.69) is 15.0 Å². The first-order valence-corrected chi connectivity index (χ1v) is 7.90. The van der Waals surface area contributed by atoms with Gasteiger partial charge in [-0.05, 0) is 37.3 Å². The molecule has 2 aromatic heterocycles. The Morgan fingerprint density at radius 1 is 0.880 bits per heavy atom. The van der Waals surface area contributed by atoms with E-state index < -0.39 is 0 Å². The average Bonchev–Trinajstić information content (AvgIpc) is 3.09.